The lowest BCUT2D eigenvalue weighted by atomic mass is 10.1. The molecule has 8 heteroatoms. The number of unbranched alkanes of at least 4 members (excludes halogenated alkanes) is 1. The van der Waals surface area contributed by atoms with E-state index in [1.807, 2.05) is 72.5 Å². The summed E-state index contributed by atoms with van der Waals surface area (Å²) < 4.78 is 7.79. The minimum atomic E-state index is 0.623. The molecule has 4 rings (SSSR count). The number of allylic oxidation sites excluding steroid dienone is 1. The SMILES string of the molecule is CCCCOc1ccn2c(-c3cc(NCc4ccc(/C(C=N)=C/NC)cc4)ncn3)cnc2c1. The van der Waals surface area contributed by atoms with Gasteiger partial charge in [-0.05, 0) is 23.6 Å². The maximum Gasteiger partial charge on any atom is 0.140 e. The van der Waals surface area contributed by atoms with Crippen LogP contribution >= 0.6 is 0 Å². The molecule has 0 fully saturated rings. The van der Waals surface area contributed by atoms with Gasteiger partial charge >= 0.3 is 0 Å². The Morgan fingerprint density at radius 1 is 1.12 bits per heavy atom. The smallest absolute Gasteiger partial charge is 0.140 e. The van der Waals surface area contributed by atoms with E-state index in [-0.39, 0.29) is 0 Å². The number of pyridine rings is 1. The topological polar surface area (TPSA) is 100 Å². The predicted molar refractivity (Wildman–Crippen MR) is 136 cm³/mol. The summed E-state index contributed by atoms with van der Waals surface area (Å²) in [7, 11) is 1.82. The molecule has 0 saturated heterocycles. The van der Waals surface area contributed by atoms with E-state index in [4.69, 9.17) is 10.1 Å². The number of anilines is 1. The van der Waals surface area contributed by atoms with E-state index in [9.17, 15) is 0 Å². The van der Waals surface area contributed by atoms with Gasteiger partial charge in [0.15, 0.2) is 0 Å². The number of aromatic nitrogens is 4. The van der Waals surface area contributed by atoms with Crippen LogP contribution in [0.25, 0.3) is 22.6 Å². The van der Waals surface area contributed by atoms with Crippen molar-refractivity contribution in [2.24, 2.45) is 0 Å². The number of imidazole rings is 1. The fourth-order valence-corrected chi connectivity index (χ4v) is 3.54. The van der Waals surface area contributed by atoms with Gasteiger partial charge in [-0.15, -0.1) is 0 Å². The minimum Gasteiger partial charge on any atom is -0.493 e. The van der Waals surface area contributed by atoms with E-state index in [0.29, 0.717) is 13.2 Å². The van der Waals surface area contributed by atoms with E-state index in [1.54, 1.807) is 6.33 Å². The number of ether oxygens (including phenoxy) is 1. The van der Waals surface area contributed by atoms with E-state index >= 15 is 0 Å². The van der Waals surface area contributed by atoms with Crippen LogP contribution in [0.5, 0.6) is 5.75 Å². The largest absolute Gasteiger partial charge is 0.493 e. The highest BCUT2D eigenvalue weighted by Gasteiger charge is 2.10. The molecule has 0 aliphatic carbocycles. The molecule has 0 amide bonds. The highest BCUT2D eigenvalue weighted by Crippen LogP contribution is 2.23. The molecule has 0 atom stereocenters. The van der Waals surface area contributed by atoms with Crippen molar-refractivity contribution in [2.45, 2.75) is 26.3 Å². The van der Waals surface area contributed by atoms with Gasteiger partial charge in [-0.2, -0.15) is 0 Å². The summed E-state index contributed by atoms with van der Waals surface area (Å²) in [6.45, 7) is 3.48. The third-order valence-corrected chi connectivity index (χ3v) is 5.40. The summed E-state index contributed by atoms with van der Waals surface area (Å²) in [5.74, 6) is 1.56. The maximum absolute atomic E-state index is 7.55. The highest BCUT2D eigenvalue weighted by molar-refractivity contribution is 6.08. The van der Waals surface area contributed by atoms with Crippen LogP contribution in [0.2, 0.25) is 0 Å². The van der Waals surface area contributed by atoms with E-state index < -0.39 is 0 Å². The summed E-state index contributed by atoms with van der Waals surface area (Å²) in [5.41, 5.74) is 5.42. The third-order valence-electron chi connectivity index (χ3n) is 5.40. The summed E-state index contributed by atoms with van der Waals surface area (Å²) in [4.78, 5) is 13.3. The fourth-order valence-electron chi connectivity index (χ4n) is 3.54. The van der Waals surface area contributed by atoms with Crippen molar-refractivity contribution in [3.63, 3.8) is 0 Å². The van der Waals surface area contributed by atoms with Gasteiger partial charge in [-0.3, -0.25) is 4.40 Å². The monoisotopic (exact) mass is 455 g/mol. The lowest BCUT2D eigenvalue weighted by Crippen LogP contribution is -2.03. The Morgan fingerprint density at radius 3 is 2.74 bits per heavy atom. The molecule has 1 aromatic carbocycles. The summed E-state index contributed by atoms with van der Waals surface area (Å²) >= 11 is 0. The molecular weight excluding hydrogens is 426 g/mol. The molecule has 0 aliphatic heterocycles. The Kier molecular flexibility index (Phi) is 7.49. The van der Waals surface area contributed by atoms with Crippen LogP contribution in [0.15, 0.2) is 67.4 Å². The first kappa shape index (κ1) is 23.0. The van der Waals surface area contributed by atoms with Crippen molar-refractivity contribution in [1.29, 1.82) is 5.41 Å². The Labute approximate surface area is 199 Å². The molecule has 0 saturated carbocycles. The molecule has 3 heterocycles. The number of rotatable bonds is 11. The zero-order valence-electron chi connectivity index (χ0n) is 19.5. The zero-order chi connectivity index (χ0) is 23.8. The molecule has 0 unspecified atom stereocenters. The van der Waals surface area contributed by atoms with Crippen LogP contribution in [-0.2, 0) is 6.54 Å². The van der Waals surface area contributed by atoms with Crippen LogP contribution in [0.3, 0.4) is 0 Å². The number of benzene rings is 1. The normalized spacial score (nSPS) is 11.4. The van der Waals surface area contributed by atoms with Gasteiger partial charge < -0.3 is 20.8 Å². The van der Waals surface area contributed by atoms with Gasteiger partial charge in [0.25, 0.3) is 0 Å². The van der Waals surface area contributed by atoms with Gasteiger partial charge in [0.05, 0.1) is 24.2 Å². The number of nitrogens with zero attached hydrogens (tertiary/aromatic N) is 4. The average Bonchev–Trinajstić information content (AvgIpc) is 3.30. The summed E-state index contributed by atoms with van der Waals surface area (Å²) in [6, 6.07) is 13.9. The average molecular weight is 456 g/mol. The van der Waals surface area contributed by atoms with Crippen LogP contribution in [-0.4, -0.2) is 39.2 Å². The van der Waals surface area contributed by atoms with Crippen molar-refractivity contribution in [3.05, 3.63) is 78.5 Å². The van der Waals surface area contributed by atoms with Crippen molar-refractivity contribution in [1.82, 2.24) is 24.7 Å². The molecule has 174 valence electrons. The Bertz CT molecular complexity index is 1280. The molecule has 4 aromatic rings. The molecule has 0 spiro atoms. The molecular formula is C26H29N7O. The van der Waals surface area contributed by atoms with Crippen molar-refractivity contribution < 1.29 is 4.74 Å². The van der Waals surface area contributed by atoms with Crippen molar-refractivity contribution in [3.8, 4) is 17.1 Å². The fraction of sp³-hybridized carbons (Fsp3) is 0.231. The van der Waals surface area contributed by atoms with Gasteiger partial charge in [0.2, 0.25) is 0 Å². The first-order valence-corrected chi connectivity index (χ1v) is 11.3. The van der Waals surface area contributed by atoms with E-state index in [0.717, 1.165) is 58.1 Å². The number of hydrogen-bond donors (Lipinski definition) is 3. The Morgan fingerprint density at radius 2 is 1.97 bits per heavy atom. The highest BCUT2D eigenvalue weighted by atomic mass is 16.5. The zero-order valence-corrected chi connectivity index (χ0v) is 19.5. The van der Waals surface area contributed by atoms with Gasteiger partial charge in [0.1, 0.15) is 23.5 Å². The van der Waals surface area contributed by atoms with Crippen LogP contribution in [0, 0.1) is 5.41 Å². The summed E-state index contributed by atoms with van der Waals surface area (Å²) in [6.07, 6.45) is 10.6. The first-order valence-electron chi connectivity index (χ1n) is 11.3. The lowest BCUT2D eigenvalue weighted by Gasteiger charge is -2.09. The number of hydrogen-bond acceptors (Lipinski definition) is 7. The molecule has 34 heavy (non-hydrogen) atoms. The second-order valence-electron chi connectivity index (χ2n) is 7.81. The standard InChI is InChI=1S/C26H29N7O/c1-3-4-11-34-22-9-10-33-24(17-30-26(33)12-22)23-13-25(32-18-31-23)29-15-19-5-7-20(8-6-19)21(14-27)16-28-2/h5-10,12-14,16-18,27-28H,3-4,11,15H2,1-2H3,(H,29,31,32)/b21-16+,27-14?. The van der Waals surface area contributed by atoms with Crippen LogP contribution in [0.4, 0.5) is 5.82 Å². The number of nitrogens with one attached hydrogen (secondary N) is 3. The van der Waals surface area contributed by atoms with Gasteiger partial charge in [-0.25, -0.2) is 15.0 Å². The second-order valence-corrected chi connectivity index (χ2v) is 7.81. The quantitative estimate of drug-likeness (QED) is 0.222. The van der Waals surface area contributed by atoms with Crippen LogP contribution < -0.4 is 15.4 Å². The van der Waals surface area contributed by atoms with Crippen LogP contribution in [0.1, 0.15) is 30.9 Å². The molecule has 3 N–H and O–H groups in total. The maximum atomic E-state index is 7.55. The van der Waals surface area contributed by atoms with E-state index in [2.05, 4.69) is 32.5 Å². The third kappa shape index (κ3) is 5.40. The second kappa shape index (κ2) is 11.1. The molecule has 3 aromatic heterocycles. The summed E-state index contributed by atoms with van der Waals surface area (Å²) in [5, 5.41) is 13.9. The van der Waals surface area contributed by atoms with Gasteiger partial charge in [0, 0.05) is 49.9 Å². The Hall–Kier alpha value is -4.20. The van der Waals surface area contributed by atoms with Gasteiger partial charge in [-0.1, -0.05) is 37.6 Å². The predicted octanol–water partition coefficient (Wildman–Crippen LogP) is 4.79. The first-order chi connectivity index (χ1) is 16.7. The number of fused-ring (bicyclic) bond motifs is 1. The molecule has 0 bridgehead atoms. The molecule has 8 nitrogen and oxygen atoms in total. The molecule has 0 radical (unpaired) electrons. The molecule has 0 aliphatic rings. The van der Waals surface area contributed by atoms with E-state index in [1.165, 1.54) is 6.21 Å². The van der Waals surface area contributed by atoms with Crippen molar-refractivity contribution >= 4 is 23.3 Å². The van der Waals surface area contributed by atoms with Crippen molar-refractivity contribution in [2.75, 3.05) is 19.0 Å². The lowest BCUT2D eigenvalue weighted by molar-refractivity contribution is 0.309. The Balaban J connectivity index is 1.45. The minimum absolute atomic E-state index is 0.623.